The Morgan fingerprint density at radius 3 is 2.80 bits per heavy atom. The van der Waals surface area contributed by atoms with Gasteiger partial charge in [-0.1, -0.05) is 0 Å². The number of nitrogens with zero attached hydrogens (tertiary/aromatic N) is 1. The first-order valence-electron chi connectivity index (χ1n) is 5.88. The third-order valence-corrected chi connectivity index (χ3v) is 3.18. The second kappa shape index (κ2) is 5.92. The Morgan fingerprint density at radius 1 is 1.40 bits per heavy atom. The number of carbonyl (C=O) groups excluding carboxylic acids is 1. The zero-order valence-corrected chi connectivity index (χ0v) is 12.7. The van der Waals surface area contributed by atoms with E-state index >= 15 is 0 Å². The van der Waals surface area contributed by atoms with Crippen LogP contribution in [-0.4, -0.2) is 18.0 Å². The summed E-state index contributed by atoms with van der Waals surface area (Å²) in [5.74, 6) is 0.647. The van der Waals surface area contributed by atoms with Crippen molar-refractivity contribution in [3.05, 3.63) is 46.1 Å². The lowest BCUT2D eigenvalue weighted by molar-refractivity contribution is 0.102. The molecule has 1 aromatic heterocycles. The van der Waals surface area contributed by atoms with E-state index in [1.165, 1.54) is 7.11 Å². The first-order valence-corrected chi connectivity index (χ1v) is 6.67. The maximum atomic E-state index is 12.3. The number of carbonyl (C=O) groups is 1. The van der Waals surface area contributed by atoms with Gasteiger partial charge in [0, 0.05) is 22.4 Å². The molecule has 6 heteroatoms. The van der Waals surface area contributed by atoms with Gasteiger partial charge in [0.05, 0.1) is 12.7 Å². The zero-order valence-electron chi connectivity index (χ0n) is 11.1. The van der Waals surface area contributed by atoms with Gasteiger partial charge in [-0.2, -0.15) is 0 Å². The first kappa shape index (κ1) is 14.3. The van der Waals surface area contributed by atoms with Gasteiger partial charge in [0.2, 0.25) is 0 Å². The van der Waals surface area contributed by atoms with Gasteiger partial charge >= 0.3 is 0 Å². The minimum absolute atomic E-state index is 0.292. The Hall–Kier alpha value is -2.08. The predicted molar refractivity (Wildman–Crippen MR) is 82.0 cm³/mol. The molecule has 0 aliphatic heterocycles. The van der Waals surface area contributed by atoms with E-state index in [4.69, 9.17) is 10.5 Å². The number of nitrogens with two attached hydrogens (primary N) is 1. The van der Waals surface area contributed by atoms with Crippen LogP contribution in [0.25, 0.3) is 0 Å². The van der Waals surface area contributed by atoms with Crippen molar-refractivity contribution in [1.29, 1.82) is 0 Å². The van der Waals surface area contributed by atoms with Crippen LogP contribution in [0.15, 0.2) is 34.9 Å². The van der Waals surface area contributed by atoms with E-state index in [2.05, 4.69) is 26.2 Å². The smallest absolute Gasteiger partial charge is 0.260 e. The van der Waals surface area contributed by atoms with Crippen molar-refractivity contribution in [3.63, 3.8) is 0 Å². The number of aromatic nitrogens is 1. The molecule has 1 heterocycles. The third-order valence-electron chi connectivity index (χ3n) is 2.75. The second-order valence-corrected chi connectivity index (χ2v) is 5.15. The highest BCUT2D eigenvalue weighted by atomic mass is 79.9. The Bertz CT molecular complexity index is 659. The van der Waals surface area contributed by atoms with Crippen molar-refractivity contribution < 1.29 is 9.53 Å². The number of halogens is 1. The average Bonchev–Trinajstić information content (AvgIpc) is 2.41. The van der Waals surface area contributed by atoms with Crippen LogP contribution in [-0.2, 0) is 0 Å². The molecule has 0 radical (unpaired) electrons. The van der Waals surface area contributed by atoms with Gasteiger partial charge < -0.3 is 15.8 Å². The van der Waals surface area contributed by atoms with E-state index in [0.29, 0.717) is 22.8 Å². The molecule has 2 rings (SSSR count). The molecule has 0 spiro atoms. The molecule has 20 heavy (non-hydrogen) atoms. The van der Waals surface area contributed by atoms with Crippen molar-refractivity contribution in [2.75, 3.05) is 18.2 Å². The van der Waals surface area contributed by atoms with Gasteiger partial charge in [-0.15, -0.1) is 0 Å². The maximum Gasteiger partial charge on any atom is 0.260 e. The normalized spacial score (nSPS) is 10.2. The van der Waals surface area contributed by atoms with Crippen LogP contribution in [0.1, 0.15) is 15.9 Å². The number of benzene rings is 1. The lowest BCUT2D eigenvalue weighted by atomic mass is 10.1. The lowest BCUT2D eigenvalue weighted by Gasteiger charge is -2.11. The number of hydrogen-bond donors (Lipinski definition) is 2. The lowest BCUT2D eigenvalue weighted by Crippen LogP contribution is -2.15. The molecule has 104 valence electrons. The highest BCUT2D eigenvalue weighted by molar-refractivity contribution is 9.10. The number of anilines is 2. The van der Waals surface area contributed by atoms with Crippen molar-refractivity contribution in [1.82, 2.24) is 4.98 Å². The summed E-state index contributed by atoms with van der Waals surface area (Å²) >= 11 is 3.33. The van der Waals surface area contributed by atoms with Gasteiger partial charge in [0.1, 0.15) is 11.6 Å². The van der Waals surface area contributed by atoms with E-state index in [0.717, 1.165) is 10.0 Å². The van der Waals surface area contributed by atoms with E-state index in [1.54, 1.807) is 24.4 Å². The summed E-state index contributed by atoms with van der Waals surface area (Å²) in [6.07, 6.45) is 1.63. The van der Waals surface area contributed by atoms with Crippen LogP contribution < -0.4 is 15.8 Å². The Morgan fingerprint density at radius 2 is 2.15 bits per heavy atom. The number of amides is 1. The number of rotatable bonds is 3. The van der Waals surface area contributed by atoms with Gasteiger partial charge in [-0.3, -0.25) is 4.79 Å². The molecule has 1 amide bonds. The maximum absolute atomic E-state index is 12.3. The number of aryl methyl sites for hydroxylation is 1. The SMILES string of the molecule is COc1cc(N)ccc1C(=O)Nc1ncc(Br)cc1C. The number of methoxy groups -OCH3 is 1. The largest absolute Gasteiger partial charge is 0.496 e. The third kappa shape index (κ3) is 3.08. The van der Waals surface area contributed by atoms with Gasteiger partial charge in [0.25, 0.3) is 5.91 Å². The van der Waals surface area contributed by atoms with Gasteiger partial charge in [0.15, 0.2) is 0 Å². The van der Waals surface area contributed by atoms with E-state index in [-0.39, 0.29) is 5.91 Å². The van der Waals surface area contributed by atoms with E-state index in [9.17, 15) is 4.79 Å². The van der Waals surface area contributed by atoms with E-state index < -0.39 is 0 Å². The second-order valence-electron chi connectivity index (χ2n) is 4.23. The van der Waals surface area contributed by atoms with Crippen LogP contribution in [0.4, 0.5) is 11.5 Å². The number of nitrogens with one attached hydrogen (secondary N) is 1. The fraction of sp³-hybridized carbons (Fsp3) is 0.143. The number of hydrogen-bond acceptors (Lipinski definition) is 4. The predicted octanol–water partition coefficient (Wildman–Crippen LogP) is 3.00. The highest BCUT2D eigenvalue weighted by Gasteiger charge is 2.14. The summed E-state index contributed by atoms with van der Waals surface area (Å²) in [4.78, 5) is 16.4. The summed E-state index contributed by atoms with van der Waals surface area (Å²) < 4.78 is 6.02. The van der Waals surface area contributed by atoms with Gasteiger partial charge in [-0.25, -0.2) is 4.98 Å². The Kier molecular flexibility index (Phi) is 4.24. The molecular formula is C14H14BrN3O2. The van der Waals surface area contributed by atoms with Crippen LogP contribution in [0, 0.1) is 6.92 Å². The quantitative estimate of drug-likeness (QED) is 0.845. The Balaban J connectivity index is 2.28. The zero-order chi connectivity index (χ0) is 14.7. The fourth-order valence-corrected chi connectivity index (χ4v) is 2.19. The van der Waals surface area contributed by atoms with Gasteiger partial charge in [-0.05, 0) is 46.6 Å². The molecule has 3 N–H and O–H groups in total. The van der Waals surface area contributed by atoms with Crippen molar-refractivity contribution in [2.24, 2.45) is 0 Å². The molecule has 0 atom stereocenters. The summed E-state index contributed by atoms with van der Waals surface area (Å²) in [5.41, 5.74) is 7.48. The fourth-order valence-electron chi connectivity index (χ4n) is 1.74. The highest BCUT2D eigenvalue weighted by Crippen LogP contribution is 2.23. The monoisotopic (exact) mass is 335 g/mol. The molecule has 0 aliphatic carbocycles. The molecule has 0 aliphatic rings. The molecule has 1 aromatic carbocycles. The van der Waals surface area contributed by atoms with Crippen LogP contribution >= 0.6 is 15.9 Å². The molecule has 0 unspecified atom stereocenters. The van der Waals surface area contributed by atoms with Crippen molar-refractivity contribution >= 4 is 33.3 Å². The number of nitrogen functional groups attached to an aromatic ring is 1. The topological polar surface area (TPSA) is 77.2 Å². The molecule has 0 bridgehead atoms. The summed E-state index contributed by atoms with van der Waals surface area (Å²) in [6.45, 7) is 1.87. The van der Waals surface area contributed by atoms with Crippen LogP contribution in [0.2, 0.25) is 0 Å². The van der Waals surface area contributed by atoms with E-state index in [1.807, 2.05) is 13.0 Å². The molecule has 0 fully saturated rings. The van der Waals surface area contributed by atoms with Crippen LogP contribution in [0.3, 0.4) is 0 Å². The molecular weight excluding hydrogens is 322 g/mol. The number of pyridine rings is 1. The average molecular weight is 336 g/mol. The minimum Gasteiger partial charge on any atom is -0.496 e. The number of ether oxygens (including phenoxy) is 1. The van der Waals surface area contributed by atoms with Crippen molar-refractivity contribution in [2.45, 2.75) is 6.92 Å². The molecule has 0 saturated carbocycles. The molecule has 2 aromatic rings. The summed E-state index contributed by atoms with van der Waals surface area (Å²) in [6, 6.07) is 6.76. The molecule has 0 saturated heterocycles. The minimum atomic E-state index is -0.292. The van der Waals surface area contributed by atoms with Crippen LogP contribution in [0.5, 0.6) is 5.75 Å². The summed E-state index contributed by atoms with van der Waals surface area (Å²) in [5, 5.41) is 2.76. The Labute approximate surface area is 125 Å². The van der Waals surface area contributed by atoms with Crippen molar-refractivity contribution in [3.8, 4) is 5.75 Å². The first-order chi connectivity index (χ1) is 9.51. The standard InChI is InChI=1S/C14H14BrN3O2/c1-8-5-9(15)7-17-13(8)18-14(19)11-4-3-10(16)6-12(11)20-2/h3-7H,16H2,1-2H3,(H,17,18,19). The summed E-state index contributed by atoms with van der Waals surface area (Å²) in [7, 11) is 1.49. The molecule has 5 nitrogen and oxygen atoms in total.